The van der Waals surface area contributed by atoms with Gasteiger partial charge in [-0.05, 0) is 0 Å². The molecular formula is C20H19GeNO. The summed E-state index contributed by atoms with van der Waals surface area (Å²) >= 11 is -2.00. The quantitative estimate of drug-likeness (QED) is 0.459. The van der Waals surface area contributed by atoms with Crippen LogP contribution in [0.15, 0.2) is 65.2 Å². The molecule has 23 heavy (non-hydrogen) atoms. The minimum absolute atomic E-state index is 0.924. The molecule has 0 radical (unpaired) electrons. The number of benzene rings is 2. The second-order valence-corrected chi connectivity index (χ2v) is 17.5. The van der Waals surface area contributed by atoms with Gasteiger partial charge in [0.2, 0.25) is 0 Å². The number of pyridine rings is 1. The van der Waals surface area contributed by atoms with Crippen molar-refractivity contribution < 1.29 is 4.42 Å². The van der Waals surface area contributed by atoms with E-state index in [9.17, 15) is 0 Å². The Labute approximate surface area is 138 Å². The summed E-state index contributed by atoms with van der Waals surface area (Å²) in [5, 5.41) is 2.31. The van der Waals surface area contributed by atoms with Crippen LogP contribution < -0.4 is 4.40 Å². The van der Waals surface area contributed by atoms with Crippen molar-refractivity contribution in [2.75, 3.05) is 0 Å². The maximum absolute atomic E-state index is 6.28. The molecule has 0 saturated carbocycles. The van der Waals surface area contributed by atoms with E-state index in [-0.39, 0.29) is 0 Å². The van der Waals surface area contributed by atoms with E-state index in [1.165, 1.54) is 9.78 Å². The van der Waals surface area contributed by atoms with Gasteiger partial charge < -0.3 is 0 Å². The van der Waals surface area contributed by atoms with Crippen LogP contribution in [-0.4, -0.2) is 18.3 Å². The zero-order chi connectivity index (χ0) is 16.0. The first-order chi connectivity index (χ1) is 11.1. The fourth-order valence-electron chi connectivity index (χ4n) is 3.15. The molecule has 2 heterocycles. The van der Waals surface area contributed by atoms with Gasteiger partial charge in [0.1, 0.15) is 0 Å². The van der Waals surface area contributed by atoms with Gasteiger partial charge in [0.25, 0.3) is 0 Å². The molecule has 4 rings (SSSR count). The normalized spacial score (nSPS) is 12.1. The topological polar surface area (TPSA) is 26.0 Å². The Hall–Kier alpha value is -2.07. The van der Waals surface area contributed by atoms with Crippen LogP contribution in [0.4, 0.5) is 0 Å². The molecule has 2 nitrogen and oxygen atoms in total. The molecule has 0 saturated heterocycles. The SMILES string of the molecule is [CH3][Ge]([CH3])([CH3])[c]1cccc2c1oc1ccnc(-c3ccccc3)c12. The first-order valence-electron chi connectivity index (χ1n) is 7.92. The van der Waals surface area contributed by atoms with E-state index >= 15 is 0 Å². The van der Waals surface area contributed by atoms with Gasteiger partial charge in [-0.3, -0.25) is 0 Å². The van der Waals surface area contributed by atoms with Crippen LogP contribution in [0.1, 0.15) is 0 Å². The van der Waals surface area contributed by atoms with Gasteiger partial charge >= 0.3 is 138 Å². The van der Waals surface area contributed by atoms with E-state index < -0.39 is 13.3 Å². The second-order valence-electron chi connectivity index (χ2n) is 6.93. The average Bonchev–Trinajstić information content (AvgIpc) is 2.93. The summed E-state index contributed by atoms with van der Waals surface area (Å²) in [4.78, 5) is 4.65. The fraction of sp³-hybridized carbons (Fsp3) is 0.150. The molecular weight excluding hydrogens is 343 g/mol. The summed E-state index contributed by atoms with van der Waals surface area (Å²) < 4.78 is 7.69. The molecule has 0 atom stereocenters. The van der Waals surface area contributed by atoms with Gasteiger partial charge in [-0.1, -0.05) is 0 Å². The van der Waals surface area contributed by atoms with Gasteiger partial charge in [-0.25, -0.2) is 0 Å². The van der Waals surface area contributed by atoms with Crippen molar-refractivity contribution in [1.29, 1.82) is 0 Å². The van der Waals surface area contributed by atoms with Crippen molar-refractivity contribution in [2.45, 2.75) is 17.3 Å². The number of rotatable bonds is 2. The third-order valence-corrected chi connectivity index (χ3v) is 8.48. The molecule has 0 aliphatic carbocycles. The van der Waals surface area contributed by atoms with Crippen LogP contribution in [-0.2, 0) is 0 Å². The molecule has 0 N–H and O–H groups in total. The Balaban J connectivity index is 2.13. The Morgan fingerprint density at radius 1 is 0.870 bits per heavy atom. The van der Waals surface area contributed by atoms with Crippen molar-refractivity contribution >= 4 is 39.6 Å². The molecule has 0 unspecified atom stereocenters. The molecule has 4 aromatic rings. The zero-order valence-corrected chi connectivity index (χ0v) is 15.7. The molecule has 2 aromatic heterocycles. The number of hydrogen-bond donors (Lipinski definition) is 0. The number of para-hydroxylation sites is 1. The number of fused-ring (bicyclic) bond motifs is 3. The number of nitrogens with zero attached hydrogens (tertiary/aromatic N) is 1. The van der Waals surface area contributed by atoms with Crippen LogP contribution in [0.25, 0.3) is 33.2 Å². The first-order valence-corrected chi connectivity index (χ1v) is 15.3. The standard InChI is InChI=1S/C20H19GeNO/c1-21(2,3)16-11-7-10-15-18-17(23-20(15)16)12-13-22-19(18)14-8-5-4-6-9-14/h4-13H,1-3H3. The van der Waals surface area contributed by atoms with Gasteiger partial charge in [-0.15, -0.1) is 0 Å². The van der Waals surface area contributed by atoms with Crippen LogP contribution in [0, 0.1) is 0 Å². The molecule has 2 aromatic carbocycles. The molecule has 3 heteroatoms. The third kappa shape index (κ3) is 2.38. The Morgan fingerprint density at radius 3 is 2.39 bits per heavy atom. The average molecular weight is 362 g/mol. The van der Waals surface area contributed by atoms with E-state index in [1.54, 1.807) is 0 Å². The van der Waals surface area contributed by atoms with E-state index in [1.807, 2.05) is 30.5 Å². The maximum atomic E-state index is 6.28. The zero-order valence-electron chi connectivity index (χ0n) is 13.6. The molecule has 0 aliphatic heterocycles. The number of furan rings is 1. The summed E-state index contributed by atoms with van der Waals surface area (Å²) in [7, 11) is 0. The monoisotopic (exact) mass is 363 g/mol. The molecule has 0 bridgehead atoms. The molecule has 0 fully saturated rings. The predicted octanol–water partition coefficient (Wildman–Crippen LogP) is 5.19. The Bertz CT molecular complexity index is 997. The van der Waals surface area contributed by atoms with Crippen molar-refractivity contribution in [3.8, 4) is 11.3 Å². The van der Waals surface area contributed by atoms with E-state index in [0.717, 1.165) is 27.8 Å². The molecule has 0 amide bonds. The molecule has 0 spiro atoms. The van der Waals surface area contributed by atoms with Gasteiger partial charge in [0.05, 0.1) is 0 Å². The van der Waals surface area contributed by atoms with E-state index in [4.69, 9.17) is 4.42 Å². The third-order valence-electron chi connectivity index (χ3n) is 4.26. The Morgan fingerprint density at radius 2 is 1.65 bits per heavy atom. The summed E-state index contributed by atoms with van der Waals surface area (Å²) in [6.07, 6.45) is 1.84. The predicted molar refractivity (Wildman–Crippen MR) is 99.9 cm³/mol. The van der Waals surface area contributed by atoms with E-state index in [2.05, 4.69) is 52.6 Å². The number of aromatic nitrogens is 1. The van der Waals surface area contributed by atoms with Crippen molar-refractivity contribution in [3.63, 3.8) is 0 Å². The van der Waals surface area contributed by atoms with Gasteiger partial charge in [0, 0.05) is 0 Å². The van der Waals surface area contributed by atoms with Crippen molar-refractivity contribution in [1.82, 2.24) is 4.98 Å². The van der Waals surface area contributed by atoms with E-state index in [0.29, 0.717) is 0 Å². The Kier molecular flexibility index (Phi) is 3.31. The second kappa shape index (κ2) is 5.24. The van der Waals surface area contributed by atoms with Crippen LogP contribution in [0.2, 0.25) is 17.3 Å². The summed E-state index contributed by atoms with van der Waals surface area (Å²) in [6, 6.07) is 18.9. The van der Waals surface area contributed by atoms with Gasteiger partial charge in [0.15, 0.2) is 0 Å². The fourth-order valence-corrected chi connectivity index (χ4v) is 6.22. The summed E-state index contributed by atoms with van der Waals surface area (Å²) in [5.41, 5.74) is 4.11. The number of hydrogen-bond acceptors (Lipinski definition) is 2. The van der Waals surface area contributed by atoms with Crippen LogP contribution >= 0.6 is 0 Å². The van der Waals surface area contributed by atoms with Crippen molar-refractivity contribution in [2.24, 2.45) is 0 Å². The summed E-state index contributed by atoms with van der Waals surface area (Å²) in [6.45, 7) is 0. The first kappa shape index (κ1) is 14.5. The summed E-state index contributed by atoms with van der Waals surface area (Å²) in [5.74, 6) is 7.20. The van der Waals surface area contributed by atoms with Crippen LogP contribution in [0.5, 0.6) is 0 Å². The van der Waals surface area contributed by atoms with Gasteiger partial charge in [-0.2, -0.15) is 0 Å². The van der Waals surface area contributed by atoms with Crippen LogP contribution in [0.3, 0.4) is 0 Å². The minimum atomic E-state index is -2.00. The van der Waals surface area contributed by atoms with Crippen molar-refractivity contribution in [3.05, 3.63) is 60.8 Å². The molecule has 114 valence electrons. The molecule has 0 aliphatic rings.